The quantitative estimate of drug-likeness (QED) is 0.515. The summed E-state index contributed by atoms with van der Waals surface area (Å²) in [5.74, 6) is 6.83. The Hall–Kier alpha value is -1.67. The van der Waals surface area contributed by atoms with E-state index in [1.165, 1.54) is 6.42 Å². The van der Waals surface area contributed by atoms with E-state index >= 15 is 0 Å². The standard InChI is InChI=1S/C11H19N7O/c1-18(2)11-15-9(14-10(16-11)17-12)13-7-5-6-3-4-8(7)19-6/h6-8H,3-5,12H2,1-2H3,(H2,13,14,15,16,17). The fourth-order valence-electron chi connectivity index (χ4n) is 2.65. The van der Waals surface area contributed by atoms with Gasteiger partial charge in [0, 0.05) is 14.1 Å². The Labute approximate surface area is 111 Å². The van der Waals surface area contributed by atoms with Crippen molar-refractivity contribution in [3.63, 3.8) is 0 Å². The van der Waals surface area contributed by atoms with Gasteiger partial charge in [0.25, 0.3) is 0 Å². The van der Waals surface area contributed by atoms with E-state index in [4.69, 9.17) is 10.6 Å². The van der Waals surface area contributed by atoms with Gasteiger partial charge < -0.3 is 15.0 Å². The van der Waals surface area contributed by atoms with Crippen molar-refractivity contribution in [1.82, 2.24) is 15.0 Å². The Morgan fingerprint density at radius 1 is 1.21 bits per heavy atom. The van der Waals surface area contributed by atoms with Gasteiger partial charge in [-0.05, 0) is 19.3 Å². The third kappa shape index (κ3) is 2.41. The molecule has 2 bridgehead atoms. The van der Waals surface area contributed by atoms with Crippen LogP contribution in [0.25, 0.3) is 0 Å². The number of nitrogens with two attached hydrogens (primary N) is 1. The van der Waals surface area contributed by atoms with E-state index in [0.717, 1.165) is 12.8 Å². The Bertz CT molecular complexity index is 466. The number of ether oxygens (including phenoxy) is 1. The monoisotopic (exact) mass is 265 g/mol. The molecule has 0 aromatic carbocycles. The lowest BCUT2D eigenvalue weighted by Gasteiger charge is -2.21. The van der Waals surface area contributed by atoms with Crippen LogP contribution in [0.4, 0.5) is 17.8 Å². The molecule has 2 fully saturated rings. The summed E-state index contributed by atoms with van der Waals surface area (Å²) < 4.78 is 5.81. The number of hydrogen-bond acceptors (Lipinski definition) is 8. The lowest BCUT2D eigenvalue weighted by molar-refractivity contribution is 0.102. The lowest BCUT2D eigenvalue weighted by atomic mass is 9.96. The van der Waals surface area contributed by atoms with Gasteiger partial charge in [-0.1, -0.05) is 0 Å². The number of aromatic nitrogens is 3. The zero-order chi connectivity index (χ0) is 13.4. The van der Waals surface area contributed by atoms with Crippen molar-refractivity contribution in [1.29, 1.82) is 0 Å². The highest BCUT2D eigenvalue weighted by Crippen LogP contribution is 2.35. The molecule has 19 heavy (non-hydrogen) atoms. The number of anilines is 3. The van der Waals surface area contributed by atoms with Crippen LogP contribution < -0.4 is 21.5 Å². The maximum atomic E-state index is 5.81. The topological polar surface area (TPSA) is 101 Å². The third-order valence-corrected chi connectivity index (χ3v) is 3.57. The summed E-state index contributed by atoms with van der Waals surface area (Å²) in [5, 5.41) is 3.33. The van der Waals surface area contributed by atoms with Crippen molar-refractivity contribution in [2.45, 2.75) is 37.5 Å². The SMILES string of the molecule is CN(C)c1nc(NN)nc(NC2CC3CCC2O3)n1. The van der Waals surface area contributed by atoms with Crippen molar-refractivity contribution < 1.29 is 4.74 Å². The second kappa shape index (κ2) is 4.78. The minimum Gasteiger partial charge on any atom is -0.373 e. The van der Waals surface area contributed by atoms with Crippen LogP contribution >= 0.6 is 0 Å². The molecule has 2 saturated heterocycles. The predicted molar refractivity (Wildman–Crippen MR) is 71.9 cm³/mol. The Morgan fingerprint density at radius 3 is 2.58 bits per heavy atom. The fraction of sp³-hybridized carbons (Fsp3) is 0.727. The maximum absolute atomic E-state index is 5.81. The summed E-state index contributed by atoms with van der Waals surface area (Å²) in [6, 6.07) is 0.279. The number of nitrogens with one attached hydrogen (secondary N) is 2. The molecule has 1 aromatic heterocycles. The number of hydrazine groups is 1. The van der Waals surface area contributed by atoms with Gasteiger partial charge in [-0.2, -0.15) is 15.0 Å². The molecule has 0 amide bonds. The summed E-state index contributed by atoms with van der Waals surface area (Å²) >= 11 is 0. The van der Waals surface area contributed by atoms with Crippen LogP contribution in [-0.4, -0.2) is 47.3 Å². The minimum absolute atomic E-state index is 0.277. The van der Waals surface area contributed by atoms with E-state index in [0.29, 0.717) is 23.9 Å². The second-order valence-electron chi connectivity index (χ2n) is 5.18. The van der Waals surface area contributed by atoms with Gasteiger partial charge in [0.15, 0.2) is 0 Å². The van der Waals surface area contributed by atoms with Crippen molar-refractivity contribution in [3.05, 3.63) is 0 Å². The van der Waals surface area contributed by atoms with Crippen LogP contribution in [0.2, 0.25) is 0 Å². The molecule has 8 nitrogen and oxygen atoms in total. The van der Waals surface area contributed by atoms with Gasteiger partial charge in [0.1, 0.15) is 0 Å². The summed E-state index contributed by atoms with van der Waals surface area (Å²) in [7, 11) is 3.75. The number of rotatable bonds is 4. The molecule has 0 spiro atoms. The predicted octanol–water partition coefficient (Wildman–Crippen LogP) is -0.0450. The van der Waals surface area contributed by atoms with Crippen LogP contribution in [0.3, 0.4) is 0 Å². The molecule has 3 heterocycles. The molecule has 3 unspecified atom stereocenters. The highest BCUT2D eigenvalue weighted by molar-refractivity contribution is 5.43. The van der Waals surface area contributed by atoms with Crippen molar-refractivity contribution in [2.24, 2.45) is 5.84 Å². The van der Waals surface area contributed by atoms with Gasteiger partial charge in [-0.15, -0.1) is 0 Å². The number of fused-ring (bicyclic) bond motifs is 2. The van der Waals surface area contributed by atoms with Crippen molar-refractivity contribution in [2.75, 3.05) is 29.7 Å². The first-order valence-corrected chi connectivity index (χ1v) is 6.47. The first-order valence-electron chi connectivity index (χ1n) is 6.47. The van der Waals surface area contributed by atoms with Gasteiger partial charge in [0.2, 0.25) is 17.8 Å². The van der Waals surface area contributed by atoms with Crippen LogP contribution in [0.5, 0.6) is 0 Å². The normalized spacial score (nSPS) is 28.5. The second-order valence-corrected chi connectivity index (χ2v) is 5.18. The highest BCUT2D eigenvalue weighted by Gasteiger charge is 2.41. The lowest BCUT2D eigenvalue weighted by Crippen LogP contribution is -2.32. The van der Waals surface area contributed by atoms with Crippen LogP contribution in [0.1, 0.15) is 19.3 Å². The molecule has 3 atom stereocenters. The number of nitrogen functional groups attached to an aromatic ring is 1. The van der Waals surface area contributed by atoms with Crippen molar-refractivity contribution in [3.8, 4) is 0 Å². The summed E-state index contributed by atoms with van der Waals surface area (Å²) in [5.41, 5.74) is 2.46. The molecular formula is C11H19N7O. The summed E-state index contributed by atoms with van der Waals surface area (Å²) in [6.45, 7) is 0. The van der Waals surface area contributed by atoms with E-state index in [-0.39, 0.29) is 12.1 Å². The molecule has 0 aliphatic carbocycles. The van der Waals surface area contributed by atoms with Crippen LogP contribution in [0, 0.1) is 0 Å². The van der Waals surface area contributed by atoms with Crippen LogP contribution in [0.15, 0.2) is 0 Å². The van der Waals surface area contributed by atoms with Crippen molar-refractivity contribution >= 4 is 17.8 Å². The Kier molecular flexibility index (Phi) is 3.11. The largest absolute Gasteiger partial charge is 0.373 e. The van der Waals surface area contributed by atoms with Gasteiger partial charge in [0.05, 0.1) is 18.2 Å². The van der Waals surface area contributed by atoms with Crippen LogP contribution in [-0.2, 0) is 4.74 Å². The molecule has 8 heteroatoms. The van der Waals surface area contributed by atoms with E-state index in [2.05, 4.69) is 25.7 Å². The van der Waals surface area contributed by atoms with Gasteiger partial charge >= 0.3 is 0 Å². The first kappa shape index (κ1) is 12.4. The average molecular weight is 265 g/mol. The first-order chi connectivity index (χ1) is 9.15. The maximum Gasteiger partial charge on any atom is 0.243 e. The third-order valence-electron chi connectivity index (χ3n) is 3.57. The molecule has 1 aromatic rings. The molecular weight excluding hydrogens is 246 g/mol. The van der Waals surface area contributed by atoms with E-state index in [1.807, 2.05) is 19.0 Å². The van der Waals surface area contributed by atoms with E-state index < -0.39 is 0 Å². The van der Waals surface area contributed by atoms with Gasteiger partial charge in [-0.3, -0.25) is 5.43 Å². The molecule has 0 radical (unpaired) electrons. The van der Waals surface area contributed by atoms with E-state index in [1.54, 1.807) is 0 Å². The molecule has 4 N–H and O–H groups in total. The fourth-order valence-corrected chi connectivity index (χ4v) is 2.65. The molecule has 3 rings (SSSR count). The molecule has 2 aliphatic rings. The number of hydrogen-bond donors (Lipinski definition) is 3. The smallest absolute Gasteiger partial charge is 0.243 e. The molecule has 0 saturated carbocycles. The van der Waals surface area contributed by atoms with Gasteiger partial charge in [-0.25, -0.2) is 5.84 Å². The summed E-state index contributed by atoms with van der Waals surface area (Å²) in [4.78, 5) is 14.6. The minimum atomic E-state index is 0.277. The number of nitrogens with zero attached hydrogens (tertiary/aromatic N) is 4. The highest BCUT2D eigenvalue weighted by atomic mass is 16.5. The zero-order valence-electron chi connectivity index (χ0n) is 11.1. The Morgan fingerprint density at radius 2 is 2.00 bits per heavy atom. The Balaban J connectivity index is 1.78. The van der Waals surface area contributed by atoms with E-state index in [9.17, 15) is 0 Å². The summed E-state index contributed by atoms with van der Waals surface area (Å²) in [6.07, 6.45) is 3.96. The average Bonchev–Trinajstić information content (AvgIpc) is 3.00. The molecule has 104 valence electrons. The zero-order valence-corrected chi connectivity index (χ0v) is 11.1. The molecule has 2 aliphatic heterocycles.